The van der Waals surface area contributed by atoms with Gasteiger partial charge in [-0.3, -0.25) is 19.2 Å². The van der Waals surface area contributed by atoms with Crippen molar-refractivity contribution in [2.45, 2.75) is 56.6 Å². The van der Waals surface area contributed by atoms with Crippen molar-refractivity contribution in [2.75, 3.05) is 6.61 Å². The van der Waals surface area contributed by atoms with E-state index in [1.54, 1.807) is 0 Å². The molecule has 14 heteroatoms. The molecule has 0 aliphatic carbocycles. The minimum Gasteiger partial charge on any atom is -0.481 e. The van der Waals surface area contributed by atoms with Crippen LogP contribution in [0.25, 0.3) is 0 Å². The largest absolute Gasteiger partial charge is 0.481 e. The van der Waals surface area contributed by atoms with Gasteiger partial charge in [0.15, 0.2) is 0 Å². The lowest BCUT2D eigenvalue weighted by Gasteiger charge is -2.27. The van der Waals surface area contributed by atoms with E-state index in [1.165, 1.54) is 0 Å². The molecule has 0 aliphatic rings. The molecule has 14 nitrogen and oxygen atoms in total. The van der Waals surface area contributed by atoms with Crippen molar-refractivity contribution >= 4 is 29.7 Å². The molecule has 0 saturated heterocycles. The van der Waals surface area contributed by atoms with Crippen LogP contribution in [-0.4, -0.2) is 98.2 Å². The molecule has 3 amide bonds. The second kappa shape index (κ2) is 11.9. The van der Waals surface area contributed by atoms with E-state index in [4.69, 9.17) is 21.1 Å². The molecule has 10 N–H and O–H groups in total. The number of carboxylic acids is 2. The molecule has 0 aromatic carbocycles. The van der Waals surface area contributed by atoms with Gasteiger partial charge in [-0.25, -0.2) is 4.79 Å². The van der Waals surface area contributed by atoms with Crippen LogP contribution in [0, 0.1) is 0 Å². The van der Waals surface area contributed by atoms with E-state index >= 15 is 0 Å². The fraction of sp³-hybridized carbons (Fsp3) is 0.667. The molecule has 0 rings (SSSR count). The maximum atomic E-state index is 12.4. The molecule has 0 fully saturated rings. The topological polar surface area (TPSA) is 249 Å². The summed E-state index contributed by atoms with van der Waals surface area (Å²) in [6.45, 7) is 1.49. The zero-order valence-corrected chi connectivity index (χ0v) is 15.7. The number of carbonyl (C=O) groups excluding carboxylic acids is 3. The lowest BCUT2D eigenvalue weighted by Crippen LogP contribution is -2.62. The summed E-state index contributed by atoms with van der Waals surface area (Å²) < 4.78 is 0. The maximum Gasteiger partial charge on any atom is 0.326 e. The highest BCUT2D eigenvalue weighted by molar-refractivity contribution is 5.95. The van der Waals surface area contributed by atoms with Crippen molar-refractivity contribution in [3.05, 3.63) is 0 Å². The molecule has 0 bridgehead atoms. The lowest BCUT2D eigenvalue weighted by molar-refractivity contribution is -0.148. The van der Waals surface area contributed by atoms with Crippen LogP contribution in [0.5, 0.6) is 0 Å². The van der Waals surface area contributed by atoms with Gasteiger partial charge in [-0.15, -0.1) is 0 Å². The van der Waals surface area contributed by atoms with E-state index in [2.05, 4.69) is 5.32 Å². The van der Waals surface area contributed by atoms with Gasteiger partial charge in [-0.1, -0.05) is 0 Å². The Balaban J connectivity index is 5.34. The lowest BCUT2D eigenvalue weighted by atomic mass is 10.1. The van der Waals surface area contributed by atoms with E-state index in [0.29, 0.717) is 0 Å². The monoisotopic (exact) mass is 422 g/mol. The molecule has 166 valence electrons. The Morgan fingerprint density at radius 1 is 0.828 bits per heavy atom. The predicted octanol–water partition coefficient (Wildman–Crippen LogP) is -4.92. The van der Waals surface area contributed by atoms with Gasteiger partial charge in [0, 0.05) is 0 Å². The van der Waals surface area contributed by atoms with Crippen LogP contribution in [0.1, 0.15) is 20.3 Å². The van der Waals surface area contributed by atoms with E-state index in [0.717, 1.165) is 13.8 Å². The number of aliphatic hydroxyl groups excluding tert-OH is 3. The minimum atomic E-state index is -1.83. The van der Waals surface area contributed by atoms with Crippen molar-refractivity contribution in [3.63, 3.8) is 0 Å². The van der Waals surface area contributed by atoms with Crippen LogP contribution in [0.4, 0.5) is 0 Å². The molecule has 6 atom stereocenters. The number of hydrogen-bond donors (Lipinski definition) is 9. The van der Waals surface area contributed by atoms with Crippen LogP contribution < -0.4 is 21.7 Å². The van der Waals surface area contributed by atoms with E-state index in [-0.39, 0.29) is 0 Å². The van der Waals surface area contributed by atoms with Crippen LogP contribution in [0.15, 0.2) is 0 Å². The summed E-state index contributed by atoms with van der Waals surface area (Å²) >= 11 is 0. The summed E-state index contributed by atoms with van der Waals surface area (Å²) in [5, 5.41) is 51.9. The molecular weight excluding hydrogens is 396 g/mol. The number of rotatable bonds is 12. The normalized spacial score (nSPS) is 17.0. The third-order valence-corrected chi connectivity index (χ3v) is 3.65. The van der Waals surface area contributed by atoms with Crippen LogP contribution >= 0.6 is 0 Å². The zero-order valence-electron chi connectivity index (χ0n) is 15.7. The van der Waals surface area contributed by atoms with Gasteiger partial charge >= 0.3 is 11.9 Å². The first kappa shape index (κ1) is 26.2. The minimum absolute atomic E-state index is 0.737. The first-order chi connectivity index (χ1) is 13.3. The zero-order chi connectivity index (χ0) is 22.9. The molecule has 0 radical (unpaired) electrons. The summed E-state index contributed by atoms with van der Waals surface area (Å²) in [7, 11) is 0. The Morgan fingerprint density at radius 3 is 1.59 bits per heavy atom. The summed E-state index contributed by atoms with van der Waals surface area (Å²) in [5.74, 6) is -6.45. The van der Waals surface area contributed by atoms with Gasteiger partial charge in [0.25, 0.3) is 0 Å². The third kappa shape index (κ3) is 8.82. The Bertz CT molecular complexity index is 624. The van der Waals surface area contributed by atoms with Crippen molar-refractivity contribution in [1.29, 1.82) is 0 Å². The van der Waals surface area contributed by atoms with Crippen molar-refractivity contribution in [3.8, 4) is 0 Å². The molecule has 0 saturated carbocycles. The van der Waals surface area contributed by atoms with E-state index in [9.17, 15) is 34.2 Å². The van der Waals surface area contributed by atoms with Gasteiger partial charge in [0.2, 0.25) is 17.7 Å². The molecule has 0 aliphatic heterocycles. The number of aliphatic hydroxyl groups is 3. The quantitative estimate of drug-likeness (QED) is 0.144. The molecule has 0 aromatic rings. The second-order valence-electron chi connectivity index (χ2n) is 6.24. The first-order valence-electron chi connectivity index (χ1n) is 8.40. The Hall–Kier alpha value is -2.81. The van der Waals surface area contributed by atoms with Gasteiger partial charge in [-0.05, 0) is 13.8 Å². The first-order valence-corrected chi connectivity index (χ1v) is 8.40. The number of nitrogens with two attached hydrogens (primary N) is 1. The Morgan fingerprint density at radius 2 is 1.24 bits per heavy atom. The number of aliphatic carboxylic acids is 2. The molecule has 0 aromatic heterocycles. The summed E-state index contributed by atoms with van der Waals surface area (Å²) in [6.07, 6.45) is -3.97. The van der Waals surface area contributed by atoms with E-state index < -0.39 is 79.1 Å². The van der Waals surface area contributed by atoms with Gasteiger partial charge in [0.1, 0.15) is 24.2 Å². The molecule has 6 unspecified atom stereocenters. The molecule has 0 spiro atoms. The highest BCUT2D eigenvalue weighted by atomic mass is 16.4. The van der Waals surface area contributed by atoms with Gasteiger partial charge in [-0.2, -0.15) is 0 Å². The molecule has 29 heavy (non-hydrogen) atoms. The van der Waals surface area contributed by atoms with Crippen LogP contribution in [-0.2, 0) is 24.0 Å². The van der Waals surface area contributed by atoms with Gasteiger partial charge < -0.3 is 47.2 Å². The summed E-state index contributed by atoms with van der Waals surface area (Å²) in [5.41, 5.74) is 5.30. The highest BCUT2D eigenvalue weighted by Crippen LogP contribution is 2.01. The Kier molecular flexibility index (Phi) is 10.7. The SMILES string of the molecule is CC(O)C(NC(=O)C(N)CO)C(=O)NC(C(=O)NC(CC(=O)O)C(=O)O)C(C)O. The van der Waals surface area contributed by atoms with Crippen LogP contribution in [0.2, 0.25) is 0 Å². The van der Waals surface area contributed by atoms with Gasteiger partial charge in [0.05, 0.1) is 25.2 Å². The van der Waals surface area contributed by atoms with Crippen molar-refractivity contribution in [2.24, 2.45) is 5.73 Å². The van der Waals surface area contributed by atoms with Crippen molar-refractivity contribution < 1.29 is 49.5 Å². The average molecular weight is 422 g/mol. The standard InChI is InChI=1S/C15H26N4O10/c1-5(21)10(13(26)17-8(15(28)29)3-9(23)24)19-14(27)11(6(2)22)18-12(25)7(16)4-20/h5-8,10-11,20-22H,3-4,16H2,1-2H3,(H,17,26)(H,18,25)(H,19,27)(H,23,24)(H,28,29). The fourth-order valence-corrected chi connectivity index (χ4v) is 2.03. The molecular formula is C15H26N4O10. The third-order valence-electron chi connectivity index (χ3n) is 3.65. The molecule has 0 heterocycles. The highest BCUT2D eigenvalue weighted by Gasteiger charge is 2.34. The smallest absolute Gasteiger partial charge is 0.326 e. The fourth-order valence-electron chi connectivity index (χ4n) is 2.03. The average Bonchev–Trinajstić information content (AvgIpc) is 2.61. The predicted molar refractivity (Wildman–Crippen MR) is 94.1 cm³/mol. The Labute approximate surface area is 165 Å². The number of nitrogens with one attached hydrogen (secondary N) is 3. The number of carboxylic acid groups (broad SMARTS) is 2. The summed E-state index contributed by atoms with van der Waals surface area (Å²) in [6, 6.07) is -6.56. The number of carbonyl (C=O) groups is 5. The number of hydrogen-bond acceptors (Lipinski definition) is 9. The second-order valence-corrected chi connectivity index (χ2v) is 6.24. The summed E-state index contributed by atoms with van der Waals surface area (Å²) in [4.78, 5) is 58.1. The van der Waals surface area contributed by atoms with E-state index in [1.807, 2.05) is 10.6 Å². The van der Waals surface area contributed by atoms with Crippen molar-refractivity contribution in [1.82, 2.24) is 16.0 Å². The number of amides is 3. The van der Waals surface area contributed by atoms with Crippen LogP contribution in [0.3, 0.4) is 0 Å². The maximum absolute atomic E-state index is 12.4.